The first-order valence-electron chi connectivity index (χ1n) is 8.51. The van der Waals surface area contributed by atoms with Crippen molar-refractivity contribution in [2.75, 3.05) is 13.7 Å². The fourth-order valence-corrected chi connectivity index (χ4v) is 2.91. The number of unbranched alkanes of at least 4 members (excludes halogenated alkanes) is 1. The lowest BCUT2D eigenvalue weighted by atomic mass is 10.0. The van der Waals surface area contributed by atoms with Gasteiger partial charge in [0.25, 0.3) is 0 Å². The number of rotatable bonds is 7. The second kappa shape index (κ2) is 7.53. The summed E-state index contributed by atoms with van der Waals surface area (Å²) in [5, 5.41) is 8.48. The van der Waals surface area contributed by atoms with Gasteiger partial charge in [-0.05, 0) is 32.0 Å². The zero-order valence-corrected chi connectivity index (χ0v) is 14.7. The summed E-state index contributed by atoms with van der Waals surface area (Å²) >= 11 is 0. The molecular weight excluding hydrogens is 302 g/mol. The van der Waals surface area contributed by atoms with Crippen molar-refractivity contribution in [1.29, 1.82) is 0 Å². The summed E-state index contributed by atoms with van der Waals surface area (Å²) in [5.41, 5.74) is 3.48. The number of hydrazine groups is 1. The summed E-state index contributed by atoms with van der Waals surface area (Å²) in [7, 11) is 2.03. The van der Waals surface area contributed by atoms with Gasteiger partial charge in [0.15, 0.2) is 0 Å². The first kappa shape index (κ1) is 16.6. The Kier molecular flexibility index (Phi) is 5.20. The third-order valence-corrected chi connectivity index (χ3v) is 4.28. The molecule has 0 spiro atoms. The van der Waals surface area contributed by atoms with E-state index in [0.29, 0.717) is 13.3 Å². The molecule has 3 heterocycles. The molecule has 0 bridgehead atoms. The van der Waals surface area contributed by atoms with Crippen molar-refractivity contribution in [1.82, 2.24) is 19.8 Å². The quantitative estimate of drug-likeness (QED) is 0.723. The van der Waals surface area contributed by atoms with E-state index in [2.05, 4.69) is 22.0 Å². The zero-order valence-electron chi connectivity index (χ0n) is 14.7. The van der Waals surface area contributed by atoms with Crippen molar-refractivity contribution < 1.29 is 0 Å². The van der Waals surface area contributed by atoms with Crippen molar-refractivity contribution in [2.24, 2.45) is 15.0 Å². The van der Waals surface area contributed by atoms with Gasteiger partial charge < -0.3 is 0 Å². The van der Waals surface area contributed by atoms with Crippen LogP contribution in [0.5, 0.6) is 0 Å². The molecular formula is C17H25N7. The molecule has 7 heteroatoms. The molecule has 0 atom stereocenters. The number of fused-ring (bicyclic) bond motifs is 1. The molecule has 3 rings (SSSR count). The van der Waals surface area contributed by atoms with Crippen molar-refractivity contribution >= 4 is 18.4 Å². The van der Waals surface area contributed by atoms with Crippen LogP contribution in [0.4, 0.5) is 0 Å². The first-order chi connectivity index (χ1) is 11.7. The Morgan fingerprint density at radius 3 is 3.04 bits per heavy atom. The predicted octanol–water partition coefficient (Wildman–Crippen LogP) is 2.48. The Morgan fingerprint density at radius 1 is 1.38 bits per heavy atom. The topological polar surface area (TPSA) is 61.4 Å². The molecule has 0 N–H and O–H groups in total. The van der Waals surface area contributed by atoms with Crippen molar-refractivity contribution in [3.63, 3.8) is 0 Å². The second-order valence-electron chi connectivity index (χ2n) is 5.98. The molecule has 0 aromatic carbocycles. The molecule has 24 heavy (non-hydrogen) atoms. The van der Waals surface area contributed by atoms with Gasteiger partial charge in [0, 0.05) is 30.9 Å². The highest BCUT2D eigenvalue weighted by Crippen LogP contribution is 2.26. The van der Waals surface area contributed by atoms with E-state index in [9.17, 15) is 0 Å². The maximum Gasteiger partial charge on any atom is 0.150 e. The van der Waals surface area contributed by atoms with Gasteiger partial charge in [-0.2, -0.15) is 10.1 Å². The molecule has 0 saturated carbocycles. The van der Waals surface area contributed by atoms with Crippen LogP contribution in [0.3, 0.4) is 0 Å². The van der Waals surface area contributed by atoms with Gasteiger partial charge >= 0.3 is 0 Å². The van der Waals surface area contributed by atoms with Crippen LogP contribution in [0.25, 0.3) is 0 Å². The highest BCUT2D eigenvalue weighted by molar-refractivity contribution is 6.06. The van der Waals surface area contributed by atoms with E-state index in [1.165, 1.54) is 5.57 Å². The number of allylic oxidation sites excluding steroid dienone is 1. The van der Waals surface area contributed by atoms with Crippen LogP contribution in [0.15, 0.2) is 38.5 Å². The van der Waals surface area contributed by atoms with Gasteiger partial charge in [-0.1, -0.05) is 13.3 Å². The van der Waals surface area contributed by atoms with Crippen LogP contribution in [0.2, 0.25) is 0 Å². The average Bonchev–Trinajstić information content (AvgIpc) is 3.19. The van der Waals surface area contributed by atoms with Gasteiger partial charge in [-0.3, -0.25) is 4.99 Å². The molecule has 1 aromatic rings. The maximum atomic E-state index is 4.73. The van der Waals surface area contributed by atoms with Crippen molar-refractivity contribution in [3.8, 4) is 0 Å². The first-order valence-corrected chi connectivity index (χ1v) is 8.51. The van der Waals surface area contributed by atoms with Crippen molar-refractivity contribution in [2.45, 2.75) is 46.2 Å². The third-order valence-electron chi connectivity index (χ3n) is 4.28. The monoisotopic (exact) mass is 327 g/mol. The Labute approximate surface area is 143 Å². The summed E-state index contributed by atoms with van der Waals surface area (Å²) in [5.74, 6) is 1.05. The van der Waals surface area contributed by atoms with Gasteiger partial charge in [0.05, 0.1) is 5.70 Å². The molecule has 2 aliphatic rings. The van der Waals surface area contributed by atoms with E-state index in [0.717, 1.165) is 42.9 Å². The van der Waals surface area contributed by atoms with Gasteiger partial charge in [0.1, 0.15) is 25.5 Å². The van der Waals surface area contributed by atoms with Crippen molar-refractivity contribution in [3.05, 3.63) is 29.2 Å². The Morgan fingerprint density at radius 2 is 2.25 bits per heavy atom. The van der Waals surface area contributed by atoms with E-state index in [1.54, 1.807) is 6.21 Å². The van der Waals surface area contributed by atoms with E-state index in [-0.39, 0.29) is 0 Å². The van der Waals surface area contributed by atoms with Crippen LogP contribution >= 0.6 is 0 Å². The van der Waals surface area contributed by atoms with Crippen LogP contribution in [-0.4, -0.2) is 51.9 Å². The maximum absolute atomic E-state index is 4.73. The van der Waals surface area contributed by atoms with Crippen LogP contribution in [0.1, 0.15) is 38.8 Å². The largest absolute Gasteiger partial charge is 0.274 e. The lowest BCUT2D eigenvalue weighted by Gasteiger charge is -2.28. The minimum absolute atomic E-state index is 0.552. The van der Waals surface area contributed by atoms with E-state index < -0.39 is 0 Å². The molecule has 0 aliphatic carbocycles. The highest BCUT2D eigenvalue weighted by atomic mass is 15.7. The Bertz CT molecular complexity index is 696. The standard InChI is InChI=1S/C17H25N7/c1-4-6-7-15-16(19-13-24-17(15)20-12-22(24)3)10-14-8-9-21-23(14)11-18-5-2/h5,8-9,13H,4,6-7,10-12H2,1-3H3/b18-5-. The summed E-state index contributed by atoms with van der Waals surface area (Å²) in [6, 6.07) is 2.04. The van der Waals surface area contributed by atoms with Gasteiger partial charge in [-0.25, -0.2) is 19.7 Å². The van der Waals surface area contributed by atoms with Crippen LogP contribution in [-0.2, 0) is 13.1 Å². The number of hydrogen-bond donors (Lipinski definition) is 0. The number of aliphatic imine (C=N–C) groups is 3. The minimum atomic E-state index is 0.552. The number of amidine groups is 1. The second-order valence-corrected chi connectivity index (χ2v) is 5.98. The Hall–Kier alpha value is -2.28. The summed E-state index contributed by atoms with van der Waals surface area (Å²) < 4.78 is 1.93. The fraction of sp³-hybridized carbons (Fsp3) is 0.529. The van der Waals surface area contributed by atoms with Gasteiger partial charge in [0.2, 0.25) is 0 Å². The van der Waals surface area contributed by atoms with E-state index >= 15 is 0 Å². The number of aromatic nitrogens is 2. The minimum Gasteiger partial charge on any atom is -0.274 e. The number of hydrogen-bond acceptors (Lipinski definition) is 6. The molecule has 0 unspecified atom stereocenters. The average molecular weight is 327 g/mol. The normalized spacial score (nSPS) is 18.0. The SMILES string of the molecule is C/C=N\Cn1nccc1CC1=C(CCCC)C2=NCN(C)N2C=N1. The molecule has 128 valence electrons. The molecule has 0 saturated heterocycles. The summed E-state index contributed by atoms with van der Waals surface area (Å²) in [4.78, 5) is 13.7. The molecule has 0 fully saturated rings. The molecule has 0 amide bonds. The summed E-state index contributed by atoms with van der Waals surface area (Å²) in [6.45, 7) is 5.37. The zero-order chi connectivity index (χ0) is 16.9. The van der Waals surface area contributed by atoms with Gasteiger partial charge in [-0.15, -0.1) is 0 Å². The smallest absolute Gasteiger partial charge is 0.150 e. The lowest BCUT2D eigenvalue weighted by Crippen LogP contribution is -2.40. The molecule has 0 radical (unpaired) electrons. The predicted molar refractivity (Wildman–Crippen MR) is 97.0 cm³/mol. The third kappa shape index (κ3) is 3.31. The molecule has 1 aromatic heterocycles. The molecule has 2 aliphatic heterocycles. The highest BCUT2D eigenvalue weighted by Gasteiger charge is 2.29. The Balaban J connectivity index is 1.87. The van der Waals surface area contributed by atoms with Crippen LogP contribution in [0, 0.1) is 0 Å². The fourth-order valence-electron chi connectivity index (χ4n) is 2.91. The summed E-state index contributed by atoms with van der Waals surface area (Å²) in [6.07, 6.45) is 9.57. The van der Waals surface area contributed by atoms with E-state index in [1.807, 2.05) is 42.3 Å². The number of nitrogens with zero attached hydrogens (tertiary/aromatic N) is 7. The van der Waals surface area contributed by atoms with E-state index in [4.69, 9.17) is 9.98 Å². The lowest BCUT2D eigenvalue weighted by molar-refractivity contribution is 0.189. The van der Waals surface area contributed by atoms with Crippen LogP contribution < -0.4 is 0 Å². The molecule has 7 nitrogen and oxygen atoms in total.